The van der Waals surface area contributed by atoms with Crippen LogP contribution in [0, 0.1) is 5.92 Å². The van der Waals surface area contributed by atoms with Gasteiger partial charge in [-0.2, -0.15) is 4.31 Å². The van der Waals surface area contributed by atoms with Gasteiger partial charge in [-0.25, -0.2) is 13.2 Å². The van der Waals surface area contributed by atoms with E-state index in [9.17, 15) is 13.2 Å². The number of hydrogen-bond donors (Lipinski definition) is 1. The number of carbonyl (C=O) groups is 1. The van der Waals surface area contributed by atoms with Crippen molar-refractivity contribution in [3.8, 4) is 0 Å². The second-order valence-electron chi connectivity index (χ2n) is 8.58. The number of rotatable bonds is 5. The second-order valence-corrected chi connectivity index (χ2v) is 10.5. The smallest absolute Gasteiger partial charge is 0.338 e. The maximum Gasteiger partial charge on any atom is 0.338 e. The first-order valence-corrected chi connectivity index (χ1v) is 12.8. The van der Waals surface area contributed by atoms with E-state index >= 15 is 0 Å². The van der Waals surface area contributed by atoms with Crippen molar-refractivity contribution in [2.75, 3.05) is 38.2 Å². The fraction of sp³-hybridized carbons (Fsp3) is 0.400. The van der Waals surface area contributed by atoms with Gasteiger partial charge in [-0.15, -0.1) is 0 Å². The van der Waals surface area contributed by atoms with Gasteiger partial charge in [0.05, 0.1) is 36.3 Å². The van der Waals surface area contributed by atoms with E-state index < -0.39 is 10.0 Å². The molecule has 0 amide bonds. The Labute approximate surface area is 194 Å². The summed E-state index contributed by atoms with van der Waals surface area (Å²) in [5.74, 6) is 0.173. The SMILES string of the molecule is CCOC(=O)c1ccc2c(c1)[C@H]1C=CC[C@H]1[C@H](c1ccc(S(=O)(=O)N3CCOCC3)cc1)N2. The van der Waals surface area contributed by atoms with Crippen LogP contribution in [0.5, 0.6) is 0 Å². The van der Waals surface area contributed by atoms with Crippen molar-refractivity contribution in [2.24, 2.45) is 5.92 Å². The number of carbonyl (C=O) groups excluding carboxylic acids is 1. The van der Waals surface area contributed by atoms with Crippen LogP contribution in [0.2, 0.25) is 0 Å². The van der Waals surface area contributed by atoms with Gasteiger partial charge in [0.25, 0.3) is 0 Å². The molecule has 2 aliphatic heterocycles. The molecule has 7 nitrogen and oxygen atoms in total. The summed E-state index contributed by atoms with van der Waals surface area (Å²) in [7, 11) is -3.52. The zero-order chi connectivity index (χ0) is 23.0. The number of fused-ring (bicyclic) bond motifs is 3. The van der Waals surface area contributed by atoms with Crippen LogP contribution in [0.25, 0.3) is 0 Å². The third-order valence-electron chi connectivity index (χ3n) is 6.72. The molecule has 1 fully saturated rings. The summed E-state index contributed by atoms with van der Waals surface area (Å²) in [6.45, 7) is 3.77. The molecule has 2 aromatic carbocycles. The maximum absolute atomic E-state index is 13.0. The summed E-state index contributed by atoms with van der Waals surface area (Å²) >= 11 is 0. The Morgan fingerprint density at radius 3 is 2.64 bits per heavy atom. The molecule has 1 N–H and O–H groups in total. The highest BCUT2D eigenvalue weighted by molar-refractivity contribution is 7.89. The number of nitrogens with one attached hydrogen (secondary N) is 1. The van der Waals surface area contributed by atoms with Gasteiger partial charge in [-0.05, 0) is 60.7 Å². The lowest BCUT2D eigenvalue weighted by molar-refractivity contribution is 0.0526. The minimum absolute atomic E-state index is 0.0473. The van der Waals surface area contributed by atoms with Gasteiger partial charge in [-0.1, -0.05) is 24.3 Å². The average Bonchev–Trinajstić information content (AvgIpc) is 3.34. The number of hydrogen-bond acceptors (Lipinski definition) is 6. The number of anilines is 1. The van der Waals surface area contributed by atoms with Gasteiger partial charge in [0.15, 0.2) is 0 Å². The van der Waals surface area contributed by atoms with Crippen molar-refractivity contribution >= 4 is 21.7 Å². The predicted molar refractivity (Wildman–Crippen MR) is 125 cm³/mol. The summed E-state index contributed by atoms with van der Waals surface area (Å²) in [5.41, 5.74) is 3.70. The monoisotopic (exact) mass is 468 g/mol. The highest BCUT2D eigenvalue weighted by Crippen LogP contribution is 2.50. The van der Waals surface area contributed by atoms with E-state index in [1.165, 1.54) is 4.31 Å². The van der Waals surface area contributed by atoms with Crippen LogP contribution in [0.3, 0.4) is 0 Å². The molecule has 3 atom stereocenters. The van der Waals surface area contributed by atoms with Crippen LogP contribution in [-0.2, 0) is 19.5 Å². The standard InChI is InChI=1S/C25H28N2O5S/c1-2-32-25(28)18-8-11-23-22(16-18)20-4-3-5-21(20)24(26-23)17-6-9-19(10-7-17)33(29,30)27-12-14-31-15-13-27/h3-4,6-11,16,20-21,24,26H,2,5,12-15H2,1H3/t20-,21+,24-/m0/s1. The van der Waals surface area contributed by atoms with Crippen LogP contribution in [-0.4, -0.2) is 51.6 Å². The van der Waals surface area contributed by atoms with Crippen LogP contribution in [0.15, 0.2) is 59.5 Å². The number of ether oxygens (including phenoxy) is 2. The predicted octanol–water partition coefficient (Wildman–Crippen LogP) is 3.71. The zero-order valence-electron chi connectivity index (χ0n) is 18.6. The van der Waals surface area contributed by atoms with Crippen molar-refractivity contribution in [1.82, 2.24) is 4.31 Å². The Morgan fingerprint density at radius 1 is 1.15 bits per heavy atom. The average molecular weight is 469 g/mol. The van der Waals surface area contributed by atoms with Crippen molar-refractivity contribution < 1.29 is 22.7 Å². The van der Waals surface area contributed by atoms with E-state index in [1.54, 1.807) is 25.1 Å². The molecule has 0 unspecified atom stereocenters. The largest absolute Gasteiger partial charge is 0.462 e. The first kappa shape index (κ1) is 22.1. The van der Waals surface area contributed by atoms with Crippen molar-refractivity contribution in [1.29, 1.82) is 0 Å². The molecule has 174 valence electrons. The quantitative estimate of drug-likeness (QED) is 0.532. The highest BCUT2D eigenvalue weighted by atomic mass is 32.2. The molecule has 8 heteroatoms. The lowest BCUT2D eigenvalue weighted by Gasteiger charge is -2.37. The lowest BCUT2D eigenvalue weighted by Crippen LogP contribution is -2.40. The van der Waals surface area contributed by atoms with E-state index in [0.29, 0.717) is 43.4 Å². The molecule has 0 aromatic heterocycles. The Balaban J connectivity index is 1.41. The molecule has 2 heterocycles. The first-order valence-electron chi connectivity index (χ1n) is 11.4. The Hall–Kier alpha value is -2.68. The maximum atomic E-state index is 13.0. The molecule has 0 bridgehead atoms. The van der Waals surface area contributed by atoms with Crippen molar-refractivity contribution in [3.05, 3.63) is 71.3 Å². The fourth-order valence-corrected chi connectivity index (χ4v) is 6.46. The summed E-state index contributed by atoms with van der Waals surface area (Å²) in [6, 6.07) is 13.0. The van der Waals surface area contributed by atoms with Gasteiger partial charge in [0.1, 0.15) is 0 Å². The Kier molecular flexibility index (Phi) is 5.99. The number of allylic oxidation sites excluding steroid dienone is 2. The van der Waals surface area contributed by atoms with E-state index in [1.807, 2.05) is 24.3 Å². The topological polar surface area (TPSA) is 84.9 Å². The van der Waals surface area contributed by atoms with Gasteiger partial charge < -0.3 is 14.8 Å². The summed E-state index contributed by atoms with van der Waals surface area (Å²) in [5, 5.41) is 3.64. The molecule has 0 spiro atoms. The molecule has 1 saturated heterocycles. The number of esters is 1. The van der Waals surface area contributed by atoms with E-state index in [2.05, 4.69) is 17.5 Å². The highest BCUT2D eigenvalue weighted by Gasteiger charge is 2.38. The number of sulfonamides is 1. The van der Waals surface area contributed by atoms with Crippen LogP contribution >= 0.6 is 0 Å². The van der Waals surface area contributed by atoms with Crippen molar-refractivity contribution in [3.63, 3.8) is 0 Å². The summed E-state index contributed by atoms with van der Waals surface area (Å²) < 4.78 is 37.9. The minimum atomic E-state index is -3.52. The molecule has 0 saturated carbocycles. The second kappa shape index (κ2) is 8.93. The third kappa shape index (κ3) is 4.07. The minimum Gasteiger partial charge on any atom is -0.462 e. The first-order chi connectivity index (χ1) is 16.0. The van der Waals surface area contributed by atoms with Gasteiger partial charge in [-0.3, -0.25) is 0 Å². The fourth-order valence-electron chi connectivity index (χ4n) is 5.05. The molecule has 0 radical (unpaired) electrons. The lowest BCUT2D eigenvalue weighted by atomic mass is 9.76. The molecular formula is C25H28N2O5S. The molecule has 1 aliphatic carbocycles. The van der Waals surface area contributed by atoms with E-state index in [0.717, 1.165) is 23.2 Å². The van der Waals surface area contributed by atoms with Crippen LogP contribution < -0.4 is 5.32 Å². The van der Waals surface area contributed by atoms with Crippen LogP contribution in [0.1, 0.15) is 46.8 Å². The number of nitrogens with zero attached hydrogens (tertiary/aromatic N) is 1. The zero-order valence-corrected chi connectivity index (χ0v) is 19.4. The van der Waals surface area contributed by atoms with Gasteiger partial charge >= 0.3 is 5.97 Å². The van der Waals surface area contributed by atoms with Crippen LogP contribution in [0.4, 0.5) is 5.69 Å². The molecule has 5 rings (SSSR count). The normalized spacial score (nSPS) is 24.6. The summed E-state index contributed by atoms with van der Waals surface area (Å²) in [4.78, 5) is 12.5. The summed E-state index contributed by atoms with van der Waals surface area (Å²) in [6.07, 6.45) is 5.32. The number of morpholine rings is 1. The third-order valence-corrected chi connectivity index (χ3v) is 8.63. The molecule has 3 aliphatic rings. The van der Waals surface area contributed by atoms with Gasteiger partial charge in [0, 0.05) is 24.7 Å². The van der Waals surface area contributed by atoms with E-state index in [-0.39, 0.29) is 23.8 Å². The molecule has 2 aromatic rings. The van der Waals surface area contributed by atoms with Crippen molar-refractivity contribution in [2.45, 2.75) is 30.2 Å². The van der Waals surface area contributed by atoms with Gasteiger partial charge in [0.2, 0.25) is 10.0 Å². The van der Waals surface area contributed by atoms with E-state index in [4.69, 9.17) is 9.47 Å². The Bertz CT molecular complexity index is 1170. The molecule has 33 heavy (non-hydrogen) atoms. The number of benzene rings is 2. The Morgan fingerprint density at radius 2 is 1.91 bits per heavy atom. The molecular weight excluding hydrogens is 440 g/mol.